The molecular weight excluding hydrogens is 285 g/mol. The molecule has 0 aliphatic carbocycles. The van der Waals surface area contributed by atoms with Crippen molar-refractivity contribution in [2.75, 3.05) is 0 Å². The fraction of sp³-hybridized carbons (Fsp3) is 1.00. The highest BCUT2D eigenvalue weighted by Crippen LogP contribution is 2.56. The smallest absolute Gasteiger partial charge is 0.192 e. The number of alkyl halides is 11. The Kier molecular flexibility index (Phi) is 3.42. The lowest BCUT2D eigenvalue weighted by Gasteiger charge is -2.34. The van der Waals surface area contributed by atoms with Gasteiger partial charge in [0.05, 0.1) is 0 Å². The quantitative estimate of drug-likeness (QED) is 0.707. The van der Waals surface area contributed by atoms with E-state index in [0.717, 1.165) is 0 Å². The van der Waals surface area contributed by atoms with Crippen LogP contribution >= 0.6 is 0 Å². The third kappa shape index (κ3) is 2.13. The van der Waals surface area contributed by atoms with Crippen molar-refractivity contribution < 1.29 is 53.4 Å². The first-order valence-corrected chi connectivity index (χ1v) is 3.28. The molecule has 0 unspecified atom stereocenters. The Labute approximate surface area is 84.8 Å². The maximum absolute atomic E-state index is 12.1. The van der Waals surface area contributed by atoms with Crippen LogP contribution in [-0.4, -0.2) is 30.1 Å². The van der Waals surface area contributed by atoms with Crippen molar-refractivity contribution in [1.29, 1.82) is 0 Å². The Bertz CT molecular complexity index is 255. The highest BCUT2D eigenvalue weighted by molar-refractivity contribution is 5.03. The second-order valence-corrected chi connectivity index (χ2v) is 2.74. The fourth-order valence-corrected chi connectivity index (χ4v) is 0.558. The molecule has 12 heteroatoms. The highest BCUT2D eigenvalue weighted by atomic mass is 19.4. The first-order valence-electron chi connectivity index (χ1n) is 3.28. The van der Waals surface area contributed by atoms with Gasteiger partial charge in [-0.2, -0.15) is 53.4 Å². The van der Waals surface area contributed by atoms with Gasteiger partial charge < -0.3 is 0 Å². The molecule has 0 aliphatic rings. The van der Waals surface area contributed by atoms with Gasteiger partial charge in [0, 0.05) is 0 Å². The van der Waals surface area contributed by atoms with Crippen LogP contribution in [0.5, 0.6) is 0 Å². The molecule has 1 radical (unpaired) electrons. The Morgan fingerprint density at radius 1 is 0.471 bits per heavy atom. The maximum Gasteiger partial charge on any atom is 0.460 e. The van der Waals surface area contributed by atoms with Crippen molar-refractivity contribution in [3.63, 3.8) is 0 Å². The minimum absolute atomic E-state index is 7.01. The summed E-state index contributed by atoms with van der Waals surface area (Å²) < 4.78 is 129. The Hall–Kier alpha value is -0.810. The Balaban J connectivity index is 5.73. The lowest BCUT2D eigenvalue weighted by molar-refractivity contribution is -0.460. The van der Waals surface area contributed by atoms with Crippen LogP contribution in [0.1, 0.15) is 0 Å². The van der Waals surface area contributed by atoms with E-state index in [0.29, 0.717) is 0 Å². The van der Waals surface area contributed by atoms with Gasteiger partial charge in [0.2, 0.25) is 0 Å². The van der Waals surface area contributed by atoms with Crippen molar-refractivity contribution in [2.24, 2.45) is 0 Å². The van der Waals surface area contributed by atoms with Crippen LogP contribution in [0.2, 0.25) is 0 Å². The molecule has 0 N–H and O–H groups in total. The number of halogens is 11. The summed E-state index contributed by atoms with van der Waals surface area (Å²) in [5, 5.41) is 9.28. The monoisotopic (exact) mass is 285 g/mol. The largest absolute Gasteiger partial charge is 0.460 e. The minimum Gasteiger partial charge on any atom is -0.192 e. The summed E-state index contributed by atoms with van der Waals surface area (Å²) >= 11 is 0. The van der Waals surface area contributed by atoms with Crippen molar-refractivity contribution in [3.8, 4) is 0 Å². The van der Waals surface area contributed by atoms with E-state index in [1.807, 2.05) is 0 Å². The Morgan fingerprint density at radius 2 is 0.765 bits per heavy atom. The molecule has 0 fully saturated rings. The zero-order chi connectivity index (χ0) is 14.5. The molecule has 0 aromatic carbocycles. The van der Waals surface area contributed by atoms with Crippen LogP contribution in [0.15, 0.2) is 0 Å². The molecule has 103 valence electrons. The normalized spacial score (nSPS) is 16.2. The molecule has 0 aliphatic heterocycles. The standard InChI is InChI=1S/C5F11O/c6-1(7,2(8,9)4(12,13)14)3(10,11)5(15,16)17. The van der Waals surface area contributed by atoms with E-state index in [1.54, 1.807) is 0 Å². The first kappa shape index (κ1) is 16.2. The first-order chi connectivity index (χ1) is 7.00. The molecule has 0 atom stereocenters. The van der Waals surface area contributed by atoms with Gasteiger partial charge in [-0.15, -0.1) is 0 Å². The summed E-state index contributed by atoms with van der Waals surface area (Å²) in [6, 6.07) is 0. The molecule has 0 bridgehead atoms. The van der Waals surface area contributed by atoms with Crippen molar-refractivity contribution in [1.82, 2.24) is 0 Å². The topological polar surface area (TPSA) is 19.9 Å². The van der Waals surface area contributed by atoms with E-state index in [-0.39, 0.29) is 0 Å². The van der Waals surface area contributed by atoms with E-state index < -0.39 is 30.1 Å². The fourth-order valence-electron chi connectivity index (χ4n) is 0.558. The van der Waals surface area contributed by atoms with Gasteiger partial charge in [-0.3, -0.25) is 0 Å². The van der Waals surface area contributed by atoms with Gasteiger partial charge in [-0.1, -0.05) is 0 Å². The lowest BCUT2D eigenvalue weighted by atomic mass is 10.0. The van der Waals surface area contributed by atoms with Crippen LogP contribution in [-0.2, 0) is 5.11 Å². The highest BCUT2D eigenvalue weighted by Gasteiger charge is 2.87. The van der Waals surface area contributed by atoms with Crippen LogP contribution < -0.4 is 0 Å². The van der Waals surface area contributed by atoms with Gasteiger partial charge >= 0.3 is 30.1 Å². The third-order valence-corrected chi connectivity index (χ3v) is 1.51. The average Bonchev–Trinajstić information content (AvgIpc) is 1.98. The van der Waals surface area contributed by atoms with Gasteiger partial charge in [-0.25, -0.2) is 0 Å². The summed E-state index contributed by atoms with van der Waals surface area (Å²) in [5.41, 5.74) is 0. The second kappa shape index (κ2) is 3.59. The molecule has 0 rings (SSSR count). The van der Waals surface area contributed by atoms with E-state index in [4.69, 9.17) is 0 Å². The molecule has 0 saturated heterocycles. The van der Waals surface area contributed by atoms with Crippen molar-refractivity contribution in [3.05, 3.63) is 0 Å². The molecule has 0 aromatic rings. The predicted molar refractivity (Wildman–Crippen MR) is 26.5 cm³/mol. The summed E-state index contributed by atoms with van der Waals surface area (Å²) in [6.45, 7) is 0. The lowest BCUT2D eigenvalue weighted by Crippen LogP contribution is -2.66. The number of rotatable bonds is 3. The zero-order valence-electron chi connectivity index (χ0n) is 7.07. The SMILES string of the molecule is [O]C(F)(F)C(F)(F)C(F)(F)C(F)(F)C(F)(F)F. The zero-order valence-corrected chi connectivity index (χ0v) is 7.07. The van der Waals surface area contributed by atoms with E-state index in [9.17, 15) is 53.4 Å². The van der Waals surface area contributed by atoms with E-state index >= 15 is 0 Å². The predicted octanol–water partition coefficient (Wildman–Crippen LogP) is 3.48. The molecule has 1 nitrogen and oxygen atoms in total. The molecule has 0 heterocycles. The average molecular weight is 285 g/mol. The van der Waals surface area contributed by atoms with Gasteiger partial charge in [-0.05, 0) is 0 Å². The number of hydrogen-bond acceptors (Lipinski definition) is 0. The maximum atomic E-state index is 12.1. The Morgan fingerprint density at radius 3 is 0.941 bits per heavy atom. The van der Waals surface area contributed by atoms with Crippen LogP contribution in [0.25, 0.3) is 0 Å². The van der Waals surface area contributed by atoms with Gasteiger partial charge in [0.15, 0.2) is 0 Å². The van der Waals surface area contributed by atoms with Crippen LogP contribution in [0, 0.1) is 0 Å². The van der Waals surface area contributed by atoms with Crippen LogP contribution in [0.4, 0.5) is 48.3 Å². The molecule has 0 amide bonds. The summed E-state index contributed by atoms with van der Waals surface area (Å²) in [7, 11) is 0. The van der Waals surface area contributed by atoms with Gasteiger partial charge in [0.1, 0.15) is 0 Å². The van der Waals surface area contributed by atoms with E-state index in [1.165, 1.54) is 0 Å². The third-order valence-electron chi connectivity index (χ3n) is 1.51. The molecule has 0 aromatic heterocycles. The number of hydrogen-bond donors (Lipinski definition) is 0. The van der Waals surface area contributed by atoms with Crippen molar-refractivity contribution in [2.45, 2.75) is 30.1 Å². The summed E-state index contributed by atoms with van der Waals surface area (Å²) in [4.78, 5) is 0. The minimum atomic E-state index is -7.59. The molecular formula is C5F11O. The molecule has 0 saturated carbocycles. The van der Waals surface area contributed by atoms with Gasteiger partial charge in [0.25, 0.3) is 0 Å². The van der Waals surface area contributed by atoms with E-state index in [2.05, 4.69) is 0 Å². The summed E-state index contributed by atoms with van der Waals surface area (Å²) in [5.74, 6) is -22.5. The molecule has 17 heavy (non-hydrogen) atoms. The second-order valence-electron chi connectivity index (χ2n) is 2.74. The van der Waals surface area contributed by atoms with Crippen molar-refractivity contribution >= 4 is 0 Å². The molecule has 0 spiro atoms. The van der Waals surface area contributed by atoms with Crippen LogP contribution in [0.3, 0.4) is 0 Å². The summed E-state index contributed by atoms with van der Waals surface area (Å²) in [6.07, 6.45) is -14.2.